The summed E-state index contributed by atoms with van der Waals surface area (Å²) >= 11 is 0. The Labute approximate surface area is 132 Å². The minimum atomic E-state index is -0.542. The van der Waals surface area contributed by atoms with Crippen LogP contribution in [0.2, 0.25) is 0 Å². The molecule has 0 heterocycles. The smallest absolute Gasteiger partial charge is 0.251 e. The van der Waals surface area contributed by atoms with E-state index in [4.69, 9.17) is 5.73 Å². The fourth-order valence-corrected chi connectivity index (χ4v) is 1.82. The van der Waals surface area contributed by atoms with Crippen molar-refractivity contribution >= 4 is 24.2 Å². The van der Waals surface area contributed by atoms with Crippen molar-refractivity contribution in [1.29, 1.82) is 0 Å². The Balaban J connectivity index is 0.00000400. The molecular formula is C15H24ClN3O2. The third-order valence-electron chi connectivity index (χ3n) is 3.26. The van der Waals surface area contributed by atoms with Crippen molar-refractivity contribution in [1.82, 2.24) is 10.6 Å². The Morgan fingerprint density at radius 2 is 1.86 bits per heavy atom. The standard InChI is InChI=1S/C15H23N3O2.ClH/c1-3-11(2)13(15(20)17-10-9-16)18-14(19)12-7-5-4-6-8-12;/h4-8,11,13H,3,9-10,16H2,1-2H3,(H,17,20)(H,18,19);1H. The summed E-state index contributed by atoms with van der Waals surface area (Å²) in [5.41, 5.74) is 5.92. The second-order valence-electron chi connectivity index (χ2n) is 4.78. The third-order valence-corrected chi connectivity index (χ3v) is 3.26. The molecule has 2 amide bonds. The van der Waals surface area contributed by atoms with Gasteiger partial charge in [0.05, 0.1) is 0 Å². The summed E-state index contributed by atoms with van der Waals surface area (Å²) in [6.07, 6.45) is 0.801. The van der Waals surface area contributed by atoms with Crippen LogP contribution < -0.4 is 16.4 Å². The zero-order chi connectivity index (χ0) is 15.0. The van der Waals surface area contributed by atoms with E-state index in [2.05, 4.69) is 10.6 Å². The maximum atomic E-state index is 12.1. The van der Waals surface area contributed by atoms with Crippen molar-refractivity contribution in [3.63, 3.8) is 0 Å². The maximum Gasteiger partial charge on any atom is 0.251 e. The number of rotatable bonds is 7. The molecule has 0 saturated heterocycles. The summed E-state index contributed by atoms with van der Waals surface area (Å²) in [6.45, 7) is 4.72. The lowest BCUT2D eigenvalue weighted by molar-refractivity contribution is -0.124. The topological polar surface area (TPSA) is 84.2 Å². The highest BCUT2D eigenvalue weighted by Gasteiger charge is 2.25. The summed E-state index contributed by atoms with van der Waals surface area (Å²) in [7, 11) is 0. The summed E-state index contributed by atoms with van der Waals surface area (Å²) in [4.78, 5) is 24.2. The summed E-state index contributed by atoms with van der Waals surface area (Å²) < 4.78 is 0. The van der Waals surface area contributed by atoms with Crippen molar-refractivity contribution in [3.8, 4) is 0 Å². The number of nitrogens with two attached hydrogens (primary N) is 1. The number of amides is 2. The highest BCUT2D eigenvalue weighted by molar-refractivity contribution is 5.97. The van der Waals surface area contributed by atoms with E-state index in [0.29, 0.717) is 18.7 Å². The van der Waals surface area contributed by atoms with Gasteiger partial charge in [0, 0.05) is 18.7 Å². The lowest BCUT2D eigenvalue weighted by atomic mass is 9.98. The second kappa shape index (κ2) is 10.2. The molecule has 0 saturated carbocycles. The van der Waals surface area contributed by atoms with Crippen molar-refractivity contribution < 1.29 is 9.59 Å². The zero-order valence-corrected chi connectivity index (χ0v) is 13.3. The van der Waals surface area contributed by atoms with Crippen molar-refractivity contribution in [3.05, 3.63) is 35.9 Å². The molecule has 1 aromatic carbocycles. The van der Waals surface area contributed by atoms with Gasteiger partial charge in [-0.3, -0.25) is 9.59 Å². The van der Waals surface area contributed by atoms with Crippen LogP contribution in [-0.4, -0.2) is 30.9 Å². The molecule has 118 valence electrons. The van der Waals surface area contributed by atoms with Gasteiger partial charge in [-0.05, 0) is 18.1 Å². The zero-order valence-electron chi connectivity index (χ0n) is 12.5. The molecule has 0 aromatic heterocycles. The van der Waals surface area contributed by atoms with Gasteiger partial charge in [-0.25, -0.2) is 0 Å². The number of nitrogens with one attached hydrogen (secondary N) is 2. The fraction of sp³-hybridized carbons (Fsp3) is 0.467. The quantitative estimate of drug-likeness (QED) is 0.710. The first kappa shape index (κ1) is 19.4. The van der Waals surface area contributed by atoms with Crippen molar-refractivity contribution in [2.24, 2.45) is 11.7 Å². The number of hydrogen-bond acceptors (Lipinski definition) is 3. The molecular weight excluding hydrogens is 290 g/mol. The van der Waals surface area contributed by atoms with Crippen LogP contribution in [0.5, 0.6) is 0 Å². The molecule has 4 N–H and O–H groups in total. The van der Waals surface area contributed by atoms with E-state index in [1.807, 2.05) is 19.9 Å². The third kappa shape index (κ3) is 6.14. The van der Waals surface area contributed by atoms with Crippen molar-refractivity contribution in [2.45, 2.75) is 26.3 Å². The number of carbonyl (C=O) groups excluding carboxylic acids is 2. The summed E-state index contributed by atoms with van der Waals surface area (Å²) in [5.74, 6) is -0.367. The molecule has 0 radical (unpaired) electrons. The minimum Gasteiger partial charge on any atom is -0.353 e. The predicted molar refractivity (Wildman–Crippen MR) is 86.5 cm³/mol. The van der Waals surface area contributed by atoms with Gasteiger partial charge in [0.25, 0.3) is 5.91 Å². The number of benzene rings is 1. The van der Waals surface area contributed by atoms with Crippen LogP contribution in [0.1, 0.15) is 30.6 Å². The van der Waals surface area contributed by atoms with E-state index in [1.54, 1.807) is 24.3 Å². The van der Waals surface area contributed by atoms with Crippen LogP contribution in [-0.2, 0) is 4.79 Å². The molecule has 1 rings (SSSR count). The number of carbonyl (C=O) groups is 2. The molecule has 1 aromatic rings. The van der Waals surface area contributed by atoms with E-state index in [0.717, 1.165) is 6.42 Å². The van der Waals surface area contributed by atoms with Crippen LogP contribution in [0.4, 0.5) is 0 Å². The molecule has 0 spiro atoms. The molecule has 6 heteroatoms. The highest BCUT2D eigenvalue weighted by Crippen LogP contribution is 2.09. The molecule has 0 aliphatic carbocycles. The van der Waals surface area contributed by atoms with E-state index in [9.17, 15) is 9.59 Å². The van der Waals surface area contributed by atoms with Gasteiger partial charge in [-0.2, -0.15) is 0 Å². The molecule has 0 aliphatic rings. The van der Waals surface area contributed by atoms with Gasteiger partial charge in [-0.15, -0.1) is 12.4 Å². The van der Waals surface area contributed by atoms with Gasteiger partial charge in [-0.1, -0.05) is 38.5 Å². The lowest BCUT2D eigenvalue weighted by Gasteiger charge is -2.23. The van der Waals surface area contributed by atoms with E-state index >= 15 is 0 Å². The maximum absolute atomic E-state index is 12.1. The molecule has 0 aliphatic heterocycles. The van der Waals surface area contributed by atoms with E-state index in [-0.39, 0.29) is 30.1 Å². The highest BCUT2D eigenvalue weighted by atomic mass is 35.5. The van der Waals surface area contributed by atoms with Crippen LogP contribution in [0, 0.1) is 5.92 Å². The summed E-state index contributed by atoms with van der Waals surface area (Å²) in [5, 5.41) is 5.53. The molecule has 5 nitrogen and oxygen atoms in total. The Morgan fingerprint density at radius 1 is 1.24 bits per heavy atom. The Bertz CT molecular complexity index is 440. The van der Waals surface area contributed by atoms with Gasteiger partial charge >= 0.3 is 0 Å². The second-order valence-corrected chi connectivity index (χ2v) is 4.78. The van der Waals surface area contributed by atoms with Gasteiger partial charge < -0.3 is 16.4 Å². The van der Waals surface area contributed by atoms with Crippen LogP contribution >= 0.6 is 12.4 Å². The average molecular weight is 314 g/mol. The molecule has 21 heavy (non-hydrogen) atoms. The number of halogens is 1. The first-order chi connectivity index (χ1) is 9.60. The Kier molecular flexibility index (Phi) is 9.41. The van der Waals surface area contributed by atoms with E-state index < -0.39 is 6.04 Å². The largest absolute Gasteiger partial charge is 0.353 e. The molecule has 0 bridgehead atoms. The monoisotopic (exact) mass is 313 g/mol. The average Bonchev–Trinajstić information content (AvgIpc) is 2.50. The molecule has 0 fully saturated rings. The van der Waals surface area contributed by atoms with Crippen molar-refractivity contribution in [2.75, 3.05) is 13.1 Å². The Hall–Kier alpha value is -1.59. The van der Waals surface area contributed by atoms with Gasteiger partial charge in [0.2, 0.25) is 5.91 Å². The molecule has 2 unspecified atom stereocenters. The van der Waals surface area contributed by atoms with Crippen LogP contribution in [0.25, 0.3) is 0 Å². The number of hydrogen-bond donors (Lipinski definition) is 3. The van der Waals surface area contributed by atoms with Gasteiger partial charge in [0.15, 0.2) is 0 Å². The summed E-state index contributed by atoms with van der Waals surface area (Å²) in [6, 6.07) is 8.33. The Morgan fingerprint density at radius 3 is 2.38 bits per heavy atom. The minimum absolute atomic E-state index is 0. The van der Waals surface area contributed by atoms with Crippen LogP contribution in [0.15, 0.2) is 30.3 Å². The predicted octanol–water partition coefficient (Wildman–Crippen LogP) is 1.33. The van der Waals surface area contributed by atoms with Crippen LogP contribution in [0.3, 0.4) is 0 Å². The lowest BCUT2D eigenvalue weighted by Crippen LogP contribution is -2.51. The first-order valence-electron chi connectivity index (χ1n) is 6.93. The molecule has 2 atom stereocenters. The van der Waals surface area contributed by atoms with E-state index in [1.165, 1.54) is 0 Å². The normalized spacial score (nSPS) is 12.7. The fourth-order valence-electron chi connectivity index (χ4n) is 1.82. The first-order valence-corrected chi connectivity index (χ1v) is 6.93. The van der Waals surface area contributed by atoms with Gasteiger partial charge in [0.1, 0.15) is 6.04 Å². The SMILES string of the molecule is CCC(C)C(NC(=O)c1ccccc1)C(=O)NCCN.Cl.